The van der Waals surface area contributed by atoms with Gasteiger partial charge < -0.3 is 15.4 Å². The van der Waals surface area contributed by atoms with Crippen LogP contribution in [0.2, 0.25) is 0 Å². The number of esters is 1. The first-order valence-electron chi connectivity index (χ1n) is 5.15. The van der Waals surface area contributed by atoms with E-state index in [1.165, 1.54) is 7.11 Å². The maximum Gasteiger partial charge on any atom is 0.325 e. The van der Waals surface area contributed by atoms with Crippen molar-refractivity contribution >= 4 is 28.9 Å². The molecule has 0 aromatic carbocycles. The van der Waals surface area contributed by atoms with Crippen LogP contribution in [0.25, 0.3) is 0 Å². The highest BCUT2D eigenvalue weighted by molar-refractivity contribution is 7.80. The van der Waals surface area contributed by atoms with E-state index in [1.54, 1.807) is 18.5 Å². The molecular formula is C11H15N3O2S. The Morgan fingerprint density at radius 1 is 1.65 bits per heavy atom. The summed E-state index contributed by atoms with van der Waals surface area (Å²) in [6.45, 7) is 2.71. The maximum atomic E-state index is 11.3. The molecule has 0 aliphatic carbocycles. The zero-order valence-electron chi connectivity index (χ0n) is 9.84. The molecule has 0 aliphatic rings. The van der Waals surface area contributed by atoms with E-state index in [1.807, 2.05) is 11.8 Å². The number of carbonyl (C=O) groups excluding carboxylic acids is 1. The van der Waals surface area contributed by atoms with Crippen molar-refractivity contribution in [2.75, 3.05) is 25.1 Å². The molecule has 1 aromatic rings. The lowest BCUT2D eigenvalue weighted by Gasteiger charge is -2.23. The summed E-state index contributed by atoms with van der Waals surface area (Å²) in [4.78, 5) is 17.4. The highest BCUT2D eigenvalue weighted by Crippen LogP contribution is 2.18. The van der Waals surface area contributed by atoms with Crippen LogP contribution in [0.1, 0.15) is 12.5 Å². The van der Waals surface area contributed by atoms with Crippen LogP contribution in [0.3, 0.4) is 0 Å². The number of hydrogen-bond acceptors (Lipinski definition) is 5. The Morgan fingerprint density at radius 3 is 2.88 bits per heavy atom. The molecule has 92 valence electrons. The molecule has 0 atom stereocenters. The molecule has 1 heterocycles. The first-order chi connectivity index (χ1) is 8.10. The number of methoxy groups -OCH3 is 1. The molecule has 6 heteroatoms. The fourth-order valence-electron chi connectivity index (χ4n) is 1.43. The molecule has 0 aliphatic heterocycles. The topological polar surface area (TPSA) is 68.5 Å². The summed E-state index contributed by atoms with van der Waals surface area (Å²) >= 11 is 4.97. The van der Waals surface area contributed by atoms with Gasteiger partial charge in [0.1, 0.15) is 11.5 Å². The Kier molecular flexibility index (Phi) is 4.84. The van der Waals surface area contributed by atoms with E-state index in [0.717, 1.165) is 5.69 Å². The van der Waals surface area contributed by atoms with Gasteiger partial charge in [-0.05, 0) is 13.0 Å². The average molecular weight is 253 g/mol. The minimum atomic E-state index is -0.315. The SMILES string of the molecule is CCN(CC(=O)OC)c1cnccc1C(N)=S. The fourth-order valence-corrected chi connectivity index (χ4v) is 1.61. The number of rotatable bonds is 5. The number of thiocarbonyl (C=S) groups is 1. The highest BCUT2D eigenvalue weighted by Gasteiger charge is 2.14. The number of carbonyl (C=O) groups is 1. The molecule has 1 rings (SSSR count). The largest absolute Gasteiger partial charge is 0.468 e. The molecule has 0 spiro atoms. The Balaban J connectivity index is 3.03. The number of ether oxygens (including phenoxy) is 1. The van der Waals surface area contributed by atoms with Gasteiger partial charge in [0.2, 0.25) is 0 Å². The zero-order valence-corrected chi connectivity index (χ0v) is 10.7. The van der Waals surface area contributed by atoms with Crippen LogP contribution in [-0.2, 0) is 9.53 Å². The van der Waals surface area contributed by atoms with E-state index < -0.39 is 0 Å². The molecular weight excluding hydrogens is 238 g/mol. The van der Waals surface area contributed by atoms with Crippen molar-refractivity contribution in [3.05, 3.63) is 24.0 Å². The third-order valence-electron chi connectivity index (χ3n) is 2.34. The van der Waals surface area contributed by atoms with Gasteiger partial charge in [-0.1, -0.05) is 12.2 Å². The summed E-state index contributed by atoms with van der Waals surface area (Å²) in [5, 5.41) is 0. The van der Waals surface area contributed by atoms with E-state index in [4.69, 9.17) is 18.0 Å². The number of likely N-dealkylation sites (N-methyl/N-ethyl adjacent to an activating group) is 1. The first-order valence-corrected chi connectivity index (χ1v) is 5.56. The quantitative estimate of drug-likeness (QED) is 0.616. The lowest BCUT2D eigenvalue weighted by atomic mass is 10.2. The lowest BCUT2D eigenvalue weighted by Crippen LogP contribution is -2.32. The van der Waals surface area contributed by atoms with Crippen molar-refractivity contribution < 1.29 is 9.53 Å². The first kappa shape index (κ1) is 13.4. The molecule has 0 unspecified atom stereocenters. The summed E-state index contributed by atoms with van der Waals surface area (Å²) in [5.74, 6) is -0.315. The second-order valence-corrected chi connectivity index (χ2v) is 3.79. The summed E-state index contributed by atoms with van der Waals surface area (Å²) in [6, 6.07) is 1.73. The Labute approximate surface area is 106 Å². The standard InChI is InChI=1S/C11H15N3O2S/c1-3-14(7-10(15)16-2)9-6-13-5-4-8(9)11(12)17/h4-6H,3,7H2,1-2H3,(H2,12,17). The minimum absolute atomic E-state index is 0.147. The summed E-state index contributed by atoms with van der Waals surface area (Å²) in [7, 11) is 1.36. The van der Waals surface area contributed by atoms with E-state index >= 15 is 0 Å². The van der Waals surface area contributed by atoms with Gasteiger partial charge in [-0.25, -0.2) is 0 Å². The second-order valence-electron chi connectivity index (χ2n) is 3.35. The van der Waals surface area contributed by atoms with Gasteiger partial charge >= 0.3 is 5.97 Å². The molecule has 17 heavy (non-hydrogen) atoms. The average Bonchev–Trinajstić information content (AvgIpc) is 2.35. The van der Waals surface area contributed by atoms with Crippen LogP contribution in [0.15, 0.2) is 18.5 Å². The summed E-state index contributed by atoms with van der Waals surface area (Å²) in [6.07, 6.45) is 3.25. The van der Waals surface area contributed by atoms with Crippen molar-refractivity contribution in [2.45, 2.75) is 6.92 Å². The van der Waals surface area contributed by atoms with Crippen molar-refractivity contribution in [3.63, 3.8) is 0 Å². The highest BCUT2D eigenvalue weighted by atomic mass is 32.1. The predicted molar refractivity (Wildman–Crippen MR) is 70.0 cm³/mol. The van der Waals surface area contributed by atoms with E-state index in [9.17, 15) is 4.79 Å². The van der Waals surface area contributed by atoms with Crippen LogP contribution < -0.4 is 10.6 Å². The number of pyridine rings is 1. The maximum absolute atomic E-state index is 11.3. The zero-order chi connectivity index (χ0) is 12.8. The monoisotopic (exact) mass is 253 g/mol. The van der Waals surface area contributed by atoms with Gasteiger partial charge in [0.05, 0.1) is 19.0 Å². The van der Waals surface area contributed by atoms with Crippen molar-refractivity contribution in [2.24, 2.45) is 5.73 Å². The van der Waals surface area contributed by atoms with Gasteiger partial charge in [-0.15, -0.1) is 0 Å². The van der Waals surface area contributed by atoms with Crippen LogP contribution >= 0.6 is 12.2 Å². The number of nitrogens with two attached hydrogens (primary N) is 1. The number of anilines is 1. The van der Waals surface area contributed by atoms with Crippen molar-refractivity contribution in [3.8, 4) is 0 Å². The predicted octanol–water partition coefficient (Wildman–Crippen LogP) is 0.715. The fraction of sp³-hybridized carbons (Fsp3) is 0.364. The molecule has 1 aromatic heterocycles. The lowest BCUT2D eigenvalue weighted by molar-refractivity contribution is -0.138. The minimum Gasteiger partial charge on any atom is -0.468 e. The second kappa shape index (κ2) is 6.15. The number of aromatic nitrogens is 1. The van der Waals surface area contributed by atoms with E-state index in [2.05, 4.69) is 9.72 Å². The summed E-state index contributed by atoms with van der Waals surface area (Å²) < 4.78 is 4.64. The number of hydrogen-bond donors (Lipinski definition) is 1. The third kappa shape index (κ3) is 3.39. The Bertz CT molecular complexity index is 423. The smallest absolute Gasteiger partial charge is 0.325 e. The molecule has 0 radical (unpaired) electrons. The normalized spacial score (nSPS) is 9.76. The molecule has 5 nitrogen and oxygen atoms in total. The van der Waals surface area contributed by atoms with Crippen molar-refractivity contribution in [1.82, 2.24) is 4.98 Å². The summed E-state index contributed by atoms with van der Waals surface area (Å²) in [5.41, 5.74) is 7.08. The van der Waals surface area contributed by atoms with Gasteiger partial charge in [-0.2, -0.15) is 0 Å². The third-order valence-corrected chi connectivity index (χ3v) is 2.56. The van der Waals surface area contributed by atoms with Crippen molar-refractivity contribution in [1.29, 1.82) is 0 Å². The molecule has 0 saturated carbocycles. The molecule has 0 amide bonds. The van der Waals surface area contributed by atoms with Crippen LogP contribution in [0.5, 0.6) is 0 Å². The molecule has 2 N–H and O–H groups in total. The van der Waals surface area contributed by atoms with Gasteiger partial charge in [0, 0.05) is 18.3 Å². The van der Waals surface area contributed by atoms with Crippen LogP contribution in [0, 0.1) is 0 Å². The molecule has 0 saturated heterocycles. The molecule has 0 bridgehead atoms. The van der Waals surface area contributed by atoms with Crippen LogP contribution in [-0.4, -0.2) is 36.1 Å². The Hall–Kier alpha value is -1.69. The van der Waals surface area contributed by atoms with Crippen LogP contribution in [0.4, 0.5) is 5.69 Å². The van der Waals surface area contributed by atoms with Gasteiger partial charge in [0.25, 0.3) is 0 Å². The van der Waals surface area contributed by atoms with Gasteiger partial charge in [-0.3, -0.25) is 9.78 Å². The Morgan fingerprint density at radius 2 is 2.35 bits per heavy atom. The van der Waals surface area contributed by atoms with E-state index in [-0.39, 0.29) is 17.5 Å². The molecule has 0 fully saturated rings. The van der Waals surface area contributed by atoms with Gasteiger partial charge in [0.15, 0.2) is 0 Å². The number of nitrogens with zero attached hydrogens (tertiary/aromatic N) is 2. The van der Waals surface area contributed by atoms with E-state index in [0.29, 0.717) is 12.1 Å².